The molecular formula is C21H25N6O7P. The number of hydrogen-bond acceptors (Lipinski definition) is 8. The standard InChI is InChI=1S/C21H25N6O7P/c1-12(20(30)31)26-35(32,34-16-6-4-3-5-7-16)33-10-14-8-15(9-14)27-11-22-17-18(27)24-21(23-13(2)28)25-19(17)29/h3-7,11-12,14-15H,8-10H2,1-2H3,(H,26,32)(H,30,31)(H2,23,24,25,28,29)/t12-,14?,15?,35?/m0/s1. The quantitative estimate of drug-likeness (QED) is 0.300. The first kappa shape index (κ1) is 24.6. The Morgan fingerprint density at radius 1 is 1.31 bits per heavy atom. The number of nitrogens with zero attached hydrogens (tertiary/aromatic N) is 3. The maximum Gasteiger partial charge on any atom is 0.459 e. The summed E-state index contributed by atoms with van der Waals surface area (Å²) in [5.41, 5.74) is 0.0395. The van der Waals surface area contributed by atoms with Crippen LogP contribution in [0.1, 0.15) is 32.7 Å². The molecule has 2 aromatic heterocycles. The average molecular weight is 504 g/mol. The summed E-state index contributed by atoms with van der Waals surface area (Å²) in [5.74, 6) is -1.24. The second-order valence-corrected chi connectivity index (χ2v) is 9.99. The van der Waals surface area contributed by atoms with E-state index in [1.54, 1.807) is 34.9 Å². The normalized spacial score (nSPS) is 19.9. The van der Waals surface area contributed by atoms with Crippen LogP contribution >= 0.6 is 7.75 Å². The first-order valence-electron chi connectivity index (χ1n) is 10.9. The molecule has 4 N–H and O–H groups in total. The molecule has 1 aromatic carbocycles. The van der Waals surface area contributed by atoms with Gasteiger partial charge in [0.1, 0.15) is 11.8 Å². The summed E-state index contributed by atoms with van der Waals surface area (Å²) >= 11 is 0. The Kier molecular flexibility index (Phi) is 7.01. The van der Waals surface area contributed by atoms with Crippen molar-refractivity contribution in [3.63, 3.8) is 0 Å². The lowest BCUT2D eigenvalue weighted by Gasteiger charge is -2.36. The van der Waals surface area contributed by atoms with E-state index in [-0.39, 0.29) is 41.7 Å². The van der Waals surface area contributed by atoms with Crippen molar-refractivity contribution in [3.05, 3.63) is 47.0 Å². The number of para-hydroxylation sites is 1. The van der Waals surface area contributed by atoms with Gasteiger partial charge in [-0.3, -0.25) is 29.2 Å². The highest BCUT2D eigenvalue weighted by Gasteiger charge is 2.37. The van der Waals surface area contributed by atoms with E-state index in [2.05, 4.69) is 25.4 Å². The number of hydrogen-bond donors (Lipinski definition) is 4. The van der Waals surface area contributed by atoms with Crippen LogP contribution < -0.4 is 20.5 Å². The fraction of sp³-hybridized carbons (Fsp3) is 0.381. The Morgan fingerprint density at radius 2 is 2.03 bits per heavy atom. The molecule has 0 saturated heterocycles. The second kappa shape index (κ2) is 9.98. The van der Waals surface area contributed by atoms with Gasteiger partial charge < -0.3 is 14.2 Å². The number of carbonyl (C=O) groups excluding carboxylic acids is 1. The van der Waals surface area contributed by atoms with E-state index in [9.17, 15) is 24.1 Å². The number of anilines is 1. The molecule has 0 aliphatic heterocycles. The van der Waals surface area contributed by atoms with Crippen LogP contribution in [0.25, 0.3) is 11.2 Å². The molecule has 186 valence electrons. The number of fused-ring (bicyclic) bond motifs is 1. The Morgan fingerprint density at radius 3 is 2.69 bits per heavy atom. The van der Waals surface area contributed by atoms with Gasteiger partial charge in [0.2, 0.25) is 11.9 Å². The number of carbonyl (C=O) groups is 2. The highest BCUT2D eigenvalue weighted by Crippen LogP contribution is 2.48. The third-order valence-electron chi connectivity index (χ3n) is 5.50. The molecule has 0 spiro atoms. The van der Waals surface area contributed by atoms with Crippen LogP contribution in [0.4, 0.5) is 5.95 Å². The van der Waals surface area contributed by atoms with Gasteiger partial charge in [0.15, 0.2) is 11.2 Å². The van der Waals surface area contributed by atoms with Crippen molar-refractivity contribution in [1.29, 1.82) is 0 Å². The molecule has 35 heavy (non-hydrogen) atoms. The number of carboxylic acids is 1. The third kappa shape index (κ3) is 5.76. The third-order valence-corrected chi connectivity index (χ3v) is 7.15. The minimum Gasteiger partial charge on any atom is -0.480 e. The lowest BCUT2D eigenvalue weighted by atomic mass is 9.81. The largest absolute Gasteiger partial charge is 0.480 e. The molecule has 1 unspecified atom stereocenters. The number of aromatic amines is 1. The molecule has 0 radical (unpaired) electrons. The van der Waals surface area contributed by atoms with Crippen molar-refractivity contribution in [2.45, 2.75) is 38.8 Å². The number of amides is 1. The molecular weight excluding hydrogens is 479 g/mol. The van der Waals surface area contributed by atoms with Crippen LogP contribution in [0.5, 0.6) is 5.75 Å². The van der Waals surface area contributed by atoms with Crippen molar-refractivity contribution in [2.75, 3.05) is 11.9 Å². The van der Waals surface area contributed by atoms with E-state index in [0.717, 1.165) is 0 Å². The minimum absolute atomic E-state index is 0.00361. The Labute approximate surface area is 199 Å². The molecule has 4 rings (SSSR count). The summed E-state index contributed by atoms with van der Waals surface area (Å²) in [5, 5.41) is 14.1. The van der Waals surface area contributed by atoms with E-state index in [1.165, 1.54) is 20.2 Å². The summed E-state index contributed by atoms with van der Waals surface area (Å²) in [6, 6.07) is 7.16. The first-order chi connectivity index (χ1) is 16.6. The second-order valence-electron chi connectivity index (χ2n) is 8.30. The van der Waals surface area contributed by atoms with E-state index >= 15 is 0 Å². The van der Waals surface area contributed by atoms with Crippen molar-refractivity contribution >= 4 is 36.7 Å². The Hall–Kier alpha value is -3.54. The topological polar surface area (TPSA) is 178 Å². The molecule has 2 heterocycles. The average Bonchev–Trinajstić information content (AvgIpc) is 3.16. The zero-order valence-corrected chi connectivity index (χ0v) is 19.9. The van der Waals surface area contributed by atoms with Crippen LogP contribution in [0, 0.1) is 5.92 Å². The van der Waals surface area contributed by atoms with Crippen LogP contribution in [-0.2, 0) is 18.7 Å². The first-order valence-corrected chi connectivity index (χ1v) is 12.4. The predicted octanol–water partition coefficient (Wildman–Crippen LogP) is 2.30. The SMILES string of the molecule is CC(=O)Nc1nc2c(ncn2C2CC(COP(=O)(N[C@@H](C)C(=O)O)Oc3ccccc3)C2)c(=O)[nH]1. The molecule has 1 aliphatic carbocycles. The number of benzene rings is 1. The van der Waals surface area contributed by atoms with Crippen LogP contribution in [0.3, 0.4) is 0 Å². The number of aromatic nitrogens is 4. The van der Waals surface area contributed by atoms with E-state index < -0.39 is 25.3 Å². The van der Waals surface area contributed by atoms with Gasteiger partial charge in [-0.1, -0.05) is 18.2 Å². The minimum atomic E-state index is -3.98. The maximum absolute atomic E-state index is 13.3. The number of imidazole rings is 1. The van der Waals surface area contributed by atoms with Crippen molar-refractivity contribution in [3.8, 4) is 5.75 Å². The van der Waals surface area contributed by atoms with Crippen LogP contribution in [0.15, 0.2) is 41.5 Å². The smallest absolute Gasteiger partial charge is 0.459 e. The fourth-order valence-electron chi connectivity index (χ4n) is 3.69. The lowest BCUT2D eigenvalue weighted by molar-refractivity contribution is -0.138. The molecule has 3 aromatic rings. The van der Waals surface area contributed by atoms with Gasteiger partial charge in [-0.05, 0) is 37.8 Å². The maximum atomic E-state index is 13.3. The van der Waals surface area contributed by atoms with E-state index in [4.69, 9.17) is 9.05 Å². The number of aliphatic carboxylic acids is 1. The monoisotopic (exact) mass is 504 g/mol. The molecule has 13 nitrogen and oxygen atoms in total. The summed E-state index contributed by atoms with van der Waals surface area (Å²) < 4.78 is 26.2. The van der Waals surface area contributed by atoms with Gasteiger partial charge in [0.05, 0.1) is 12.9 Å². The zero-order valence-electron chi connectivity index (χ0n) is 19.0. The highest BCUT2D eigenvalue weighted by molar-refractivity contribution is 7.52. The molecule has 1 aliphatic rings. The summed E-state index contributed by atoms with van der Waals surface area (Å²) in [4.78, 5) is 45.7. The van der Waals surface area contributed by atoms with Gasteiger partial charge in [0, 0.05) is 13.0 Å². The highest BCUT2D eigenvalue weighted by atomic mass is 31.2. The zero-order chi connectivity index (χ0) is 25.2. The molecule has 2 atom stereocenters. The number of H-pyrrole nitrogens is 1. The van der Waals surface area contributed by atoms with Gasteiger partial charge in [-0.25, -0.2) is 9.55 Å². The number of nitrogens with one attached hydrogen (secondary N) is 3. The van der Waals surface area contributed by atoms with Gasteiger partial charge in [0.25, 0.3) is 5.56 Å². The van der Waals surface area contributed by atoms with Crippen LogP contribution in [0.2, 0.25) is 0 Å². The number of rotatable bonds is 10. The Balaban J connectivity index is 1.42. The molecule has 14 heteroatoms. The van der Waals surface area contributed by atoms with Crippen LogP contribution in [-0.4, -0.2) is 49.2 Å². The summed E-state index contributed by atoms with van der Waals surface area (Å²) in [6.45, 7) is 2.72. The van der Waals surface area contributed by atoms with Crippen molar-refractivity contribution in [2.24, 2.45) is 5.92 Å². The van der Waals surface area contributed by atoms with Crippen molar-refractivity contribution < 1.29 is 28.3 Å². The predicted molar refractivity (Wildman–Crippen MR) is 125 cm³/mol. The van der Waals surface area contributed by atoms with Gasteiger partial charge in [-0.15, -0.1) is 0 Å². The number of carboxylic acid groups (broad SMARTS) is 1. The van der Waals surface area contributed by atoms with Crippen molar-refractivity contribution in [1.82, 2.24) is 24.6 Å². The lowest BCUT2D eigenvalue weighted by Crippen LogP contribution is -2.35. The van der Waals surface area contributed by atoms with Gasteiger partial charge >= 0.3 is 13.7 Å². The summed E-state index contributed by atoms with van der Waals surface area (Å²) in [6.07, 6.45) is 2.76. The van der Waals surface area contributed by atoms with E-state index in [0.29, 0.717) is 18.5 Å². The molecule has 0 bridgehead atoms. The molecule has 1 amide bonds. The van der Waals surface area contributed by atoms with Gasteiger partial charge in [-0.2, -0.15) is 10.1 Å². The molecule has 1 fully saturated rings. The fourth-order valence-corrected chi connectivity index (χ4v) is 5.26. The summed E-state index contributed by atoms with van der Waals surface area (Å²) in [7, 11) is -3.98. The molecule has 1 saturated carbocycles. The van der Waals surface area contributed by atoms with E-state index in [1.807, 2.05) is 0 Å². The Bertz CT molecular complexity index is 1330.